The summed E-state index contributed by atoms with van der Waals surface area (Å²) in [5.74, 6) is 1.34. The van der Waals surface area contributed by atoms with Gasteiger partial charge in [0.1, 0.15) is 6.04 Å². The van der Waals surface area contributed by atoms with E-state index >= 15 is 0 Å². The molecule has 1 unspecified atom stereocenters. The molecular weight excluding hydrogens is 462 g/mol. The Balaban J connectivity index is 1.69. The number of halogens is 1. The maximum absolute atomic E-state index is 12.8. The third kappa shape index (κ3) is 6.21. The van der Waals surface area contributed by atoms with Crippen LogP contribution in [0.1, 0.15) is 24.5 Å². The molecule has 1 atom stereocenters. The molecule has 3 rings (SSSR count). The van der Waals surface area contributed by atoms with Gasteiger partial charge in [0.25, 0.3) is 0 Å². The molecule has 1 aliphatic rings. The van der Waals surface area contributed by atoms with Crippen molar-refractivity contribution in [3.05, 3.63) is 58.6 Å². The van der Waals surface area contributed by atoms with E-state index in [2.05, 4.69) is 5.32 Å². The summed E-state index contributed by atoms with van der Waals surface area (Å²) >= 11 is 7.86. The van der Waals surface area contributed by atoms with Crippen molar-refractivity contribution >= 4 is 46.9 Å². The lowest BCUT2D eigenvalue weighted by molar-refractivity contribution is -0.132. The van der Waals surface area contributed by atoms with Crippen LogP contribution < -0.4 is 14.8 Å². The second-order valence-electron chi connectivity index (χ2n) is 7.22. The zero-order valence-corrected chi connectivity index (χ0v) is 19.9. The summed E-state index contributed by atoms with van der Waals surface area (Å²) in [7, 11) is 1.53. The Morgan fingerprint density at radius 3 is 2.76 bits per heavy atom. The molecule has 0 spiro atoms. The predicted molar refractivity (Wildman–Crippen MR) is 131 cm³/mol. The molecule has 7 nitrogen and oxygen atoms in total. The van der Waals surface area contributed by atoms with Crippen LogP contribution in [0.15, 0.2) is 42.5 Å². The number of nitrogens with zero attached hydrogens (tertiary/aromatic N) is 2. The average Bonchev–Trinajstić information content (AvgIpc) is 3.32. The van der Waals surface area contributed by atoms with E-state index < -0.39 is 6.04 Å². The van der Waals surface area contributed by atoms with Gasteiger partial charge in [-0.1, -0.05) is 18.5 Å². The third-order valence-corrected chi connectivity index (χ3v) is 6.16. The molecule has 1 heterocycles. The SMILES string of the molecule is CCCOc1c(Cl)cc(/C=C/C(=O)N2CSCC2C(=O)Nc2ccc(C#N)cc2)cc1OC. The van der Waals surface area contributed by atoms with Crippen molar-refractivity contribution in [1.29, 1.82) is 5.26 Å². The average molecular weight is 486 g/mol. The molecule has 0 aliphatic carbocycles. The van der Waals surface area contributed by atoms with Gasteiger partial charge in [-0.2, -0.15) is 5.26 Å². The lowest BCUT2D eigenvalue weighted by Crippen LogP contribution is -2.43. The highest BCUT2D eigenvalue weighted by Gasteiger charge is 2.33. The fourth-order valence-electron chi connectivity index (χ4n) is 3.17. The molecule has 2 aromatic rings. The normalized spacial score (nSPS) is 15.3. The summed E-state index contributed by atoms with van der Waals surface area (Å²) in [6.45, 7) is 2.51. The van der Waals surface area contributed by atoms with Gasteiger partial charge in [-0.15, -0.1) is 11.8 Å². The molecule has 9 heteroatoms. The number of benzene rings is 2. The number of carbonyl (C=O) groups excluding carboxylic acids is 2. The first kappa shape index (κ1) is 24.5. The lowest BCUT2D eigenvalue weighted by Gasteiger charge is -2.21. The maximum Gasteiger partial charge on any atom is 0.248 e. The minimum atomic E-state index is -0.592. The molecule has 0 radical (unpaired) electrons. The van der Waals surface area contributed by atoms with Crippen LogP contribution >= 0.6 is 23.4 Å². The van der Waals surface area contributed by atoms with Gasteiger partial charge in [-0.05, 0) is 54.5 Å². The largest absolute Gasteiger partial charge is 0.493 e. The van der Waals surface area contributed by atoms with Crippen LogP contribution in [0, 0.1) is 11.3 Å². The molecule has 2 aromatic carbocycles. The smallest absolute Gasteiger partial charge is 0.248 e. The predicted octanol–water partition coefficient (Wildman–Crippen LogP) is 4.56. The number of hydrogen-bond acceptors (Lipinski definition) is 6. The van der Waals surface area contributed by atoms with Crippen molar-refractivity contribution in [2.75, 3.05) is 30.7 Å². The minimum absolute atomic E-state index is 0.270. The van der Waals surface area contributed by atoms with Crippen LogP contribution in [0.3, 0.4) is 0 Å². The quantitative estimate of drug-likeness (QED) is 0.551. The van der Waals surface area contributed by atoms with E-state index in [1.807, 2.05) is 13.0 Å². The van der Waals surface area contributed by atoms with Crippen molar-refractivity contribution in [3.8, 4) is 17.6 Å². The Morgan fingerprint density at radius 1 is 1.33 bits per heavy atom. The Bertz CT molecular complexity index is 1080. The second kappa shape index (κ2) is 11.6. The number of hydrogen-bond donors (Lipinski definition) is 1. The maximum atomic E-state index is 12.8. The number of nitrogens with one attached hydrogen (secondary N) is 1. The Hall–Kier alpha value is -3.15. The van der Waals surface area contributed by atoms with Crippen LogP contribution in [-0.4, -0.2) is 48.1 Å². The minimum Gasteiger partial charge on any atom is -0.493 e. The highest BCUT2D eigenvalue weighted by atomic mass is 35.5. The van der Waals surface area contributed by atoms with Gasteiger partial charge >= 0.3 is 0 Å². The van der Waals surface area contributed by atoms with Gasteiger partial charge in [-0.25, -0.2) is 0 Å². The van der Waals surface area contributed by atoms with E-state index in [0.29, 0.717) is 51.6 Å². The van der Waals surface area contributed by atoms with E-state index in [4.69, 9.17) is 26.3 Å². The Labute approximate surface area is 202 Å². The van der Waals surface area contributed by atoms with E-state index in [1.54, 1.807) is 42.5 Å². The fourth-order valence-corrected chi connectivity index (χ4v) is 4.61. The summed E-state index contributed by atoms with van der Waals surface area (Å²) in [6, 6.07) is 11.5. The summed E-state index contributed by atoms with van der Waals surface area (Å²) in [6.07, 6.45) is 3.90. The molecule has 0 bridgehead atoms. The van der Waals surface area contributed by atoms with Crippen molar-refractivity contribution in [2.45, 2.75) is 19.4 Å². The molecule has 1 fully saturated rings. The molecule has 0 aromatic heterocycles. The van der Waals surface area contributed by atoms with Crippen LogP contribution in [0.4, 0.5) is 5.69 Å². The Morgan fingerprint density at radius 2 is 2.09 bits per heavy atom. The number of amides is 2. The molecule has 33 heavy (non-hydrogen) atoms. The summed E-state index contributed by atoms with van der Waals surface area (Å²) < 4.78 is 11.0. The molecule has 1 N–H and O–H groups in total. The van der Waals surface area contributed by atoms with Gasteiger partial charge in [-0.3, -0.25) is 9.59 Å². The van der Waals surface area contributed by atoms with Crippen molar-refractivity contribution in [1.82, 2.24) is 4.90 Å². The number of thioether (sulfide) groups is 1. The fraction of sp³-hybridized carbons (Fsp3) is 0.292. The standard InChI is InChI=1S/C24H24ClN3O4S/c1-3-10-32-23-19(25)11-17(12-21(23)31-2)6-9-22(29)28-15-33-14-20(28)24(30)27-18-7-4-16(13-26)5-8-18/h4-9,11-12,20H,3,10,14-15H2,1-2H3,(H,27,30)/b9-6+. The van der Waals surface area contributed by atoms with Crippen LogP contribution in [0.25, 0.3) is 6.08 Å². The number of anilines is 1. The first-order valence-electron chi connectivity index (χ1n) is 10.3. The third-order valence-electron chi connectivity index (χ3n) is 4.87. The lowest BCUT2D eigenvalue weighted by atomic mass is 10.1. The molecule has 1 saturated heterocycles. The number of rotatable bonds is 8. The van der Waals surface area contributed by atoms with Crippen LogP contribution in [0.2, 0.25) is 5.02 Å². The summed E-state index contributed by atoms with van der Waals surface area (Å²) in [5, 5.41) is 12.1. The molecular formula is C24H24ClN3O4S. The topological polar surface area (TPSA) is 91.7 Å². The van der Waals surface area contributed by atoms with E-state index in [9.17, 15) is 9.59 Å². The number of carbonyl (C=O) groups is 2. The molecule has 2 amide bonds. The number of nitriles is 1. The van der Waals surface area contributed by atoms with E-state index in [1.165, 1.54) is 29.8 Å². The van der Waals surface area contributed by atoms with E-state index in [-0.39, 0.29) is 11.8 Å². The zero-order chi connectivity index (χ0) is 23.8. The highest BCUT2D eigenvalue weighted by Crippen LogP contribution is 2.37. The van der Waals surface area contributed by atoms with Crippen molar-refractivity contribution in [2.24, 2.45) is 0 Å². The van der Waals surface area contributed by atoms with Gasteiger partial charge in [0.05, 0.1) is 36.2 Å². The first-order valence-corrected chi connectivity index (χ1v) is 11.9. The van der Waals surface area contributed by atoms with Gasteiger partial charge in [0, 0.05) is 17.5 Å². The summed E-state index contributed by atoms with van der Waals surface area (Å²) in [5.41, 5.74) is 1.76. The summed E-state index contributed by atoms with van der Waals surface area (Å²) in [4.78, 5) is 27.1. The monoisotopic (exact) mass is 485 g/mol. The highest BCUT2D eigenvalue weighted by molar-refractivity contribution is 7.99. The van der Waals surface area contributed by atoms with Gasteiger partial charge in [0.2, 0.25) is 11.8 Å². The Kier molecular flexibility index (Phi) is 8.64. The molecule has 0 saturated carbocycles. The van der Waals surface area contributed by atoms with Crippen LogP contribution in [-0.2, 0) is 9.59 Å². The molecule has 172 valence electrons. The van der Waals surface area contributed by atoms with Crippen LogP contribution in [0.5, 0.6) is 11.5 Å². The van der Waals surface area contributed by atoms with Gasteiger partial charge in [0.15, 0.2) is 11.5 Å². The van der Waals surface area contributed by atoms with Crippen molar-refractivity contribution in [3.63, 3.8) is 0 Å². The van der Waals surface area contributed by atoms with E-state index in [0.717, 1.165) is 6.42 Å². The van der Waals surface area contributed by atoms with Crippen molar-refractivity contribution < 1.29 is 19.1 Å². The number of methoxy groups -OCH3 is 1. The zero-order valence-electron chi connectivity index (χ0n) is 18.3. The van der Waals surface area contributed by atoms with Gasteiger partial charge < -0.3 is 19.7 Å². The first-order chi connectivity index (χ1) is 16.0. The number of ether oxygens (including phenoxy) is 2. The molecule has 1 aliphatic heterocycles. The second-order valence-corrected chi connectivity index (χ2v) is 8.63.